The van der Waals surface area contributed by atoms with Gasteiger partial charge in [0.1, 0.15) is 5.78 Å². The lowest BCUT2D eigenvalue weighted by Gasteiger charge is -2.08. The predicted molar refractivity (Wildman–Crippen MR) is 114 cm³/mol. The van der Waals surface area contributed by atoms with Crippen molar-refractivity contribution in [2.45, 2.75) is 12.1 Å². The third-order valence-corrected chi connectivity index (χ3v) is 5.37. The molecule has 0 radical (unpaired) electrons. The van der Waals surface area contributed by atoms with Gasteiger partial charge in [-0.3, -0.25) is 24.7 Å². The topological polar surface area (TPSA) is 148 Å². The van der Waals surface area contributed by atoms with Crippen molar-refractivity contribution in [3.05, 3.63) is 52.6 Å². The minimum Gasteiger partial charge on any atom is -0.299 e. The zero-order valence-corrected chi connectivity index (χ0v) is 17.6. The molecule has 1 aromatic heterocycles. The smallest absolute Gasteiger partial charge is 0.270 e. The first-order valence-electron chi connectivity index (χ1n) is 8.53. The molecule has 3 aromatic rings. The van der Waals surface area contributed by atoms with E-state index in [0.29, 0.717) is 33.4 Å². The fraction of sp³-hybridized carbons (Fsp3) is 0.167. The first-order valence-corrected chi connectivity index (χ1v) is 11.4. The fourth-order valence-corrected chi connectivity index (χ4v) is 3.76. The number of ketones is 1. The molecule has 0 spiro atoms. The highest BCUT2D eigenvalue weighted by Crippen LogP contribution is 2.32. The van der Waals surface area contributed by atoms with E-state index in [-0.39, 0.29) is 17.2 Å². The number of aromatic nitrogens is 3. The molecule has 10 nitrogen and oxygen atoms in total. The Balaban J connectivity index is 2.01. The van der Waals surface area contributed by atoms with Crippen LogP contribution < -0.4 is 4.72 Å². The SMILES string of the molecule is CC(=O)CSc1n[nH]c(-c2cc(-c3cccc(NS(C)(=O)=O)c3)cc([N+](=O)[O-])c2)n1. The van der Waals surface area contributed by atoms with Crippen LogP contribution in [0.5, 0.6) is 0 Å². The molecule has 2 aromatic carbocycles. The first-order chi connectivity index (χ1) is 14.1. The number of nitro groups is 1. The Morgan fingerprint density at radius 3 is 2.60 bits per heavy atom. The number of anilines is 1. The van der Waals surface area contributed by atoms with Crippen LogP contribution in [0.25, 0.3) is 22.5 Å². The number of rotatable bonds is 8. The van der Waals surface area contributed by atoms with Crippen LogP contribution in [-0.4, -0.2) is 46.3 Å². The number of aromatic amines is 1. The van der Waals surface area contributed by atoms with E-state index in [0.717, 1.165) is 18.0 Å². The average Bonchev–Trinajstić information content (AvgIpc) is 3.14. The number of nitro benzene ring substituents is 1. The molecule has 0 bridgehead atoms. The molecular formula is C18H17N5O5S2. The second-order valence-electron chi connectivity index (χ2n) is 6.44. The van der Waals surface area contributed by atoms with Crippen LogP contribution in [0.15, 0.2) is 47.6 Å². The van der Waals surface area contributed by atoms with E-state index < -0.39 is 14.9 Å². The zero-order valence-electron chi connectivity index (χ0n) is 15.9. The van der Waals surface area contributed by atoms with Gasteiger partial charge in [0, 0.05) is 23.4 Å². The van der Waals surface area contributed by atoms with Crippen LogP contribution in [0.3, 0.4) is 0 Å². The molecule has 0 aliphatic heterocycles. The average molecular weight is 447 g/mol. The highest BCUT2D eigenvalue weighted by Gasteiger charge is 2.16. The fourth-order valence-electron chi connectivity index (χ4n) is 2.60. The number of hydrogen-bond acceptors (Lipinski definition) is 8. The normalized spacial score (nSPS) is 11.3. The lowest BCUT2D eigenvalue weighted by atomic mass is 10.0. The second kappa shape index (κ2) is 8.63. The van der Waals surface area contributed by atoms with Gasteiger partial charge in [-0.25, -0.2) is 13.4 Å². The summed E-state index contributed by atoms with van der Waals surface area (Å²) in [5, 5.41) is 18.5. The number of H-pyrrole nitrogens is 1. The van der Waals surface area contributed by atoms with Crippen LogP contribution in [0.1, 0.15) is 6.92 Å². The molecule has 0 saturated carbocycles. The third kappa shape index (κ3) is 5.64. The van der Waals surface area contributed by atoms with Crippen LogP contribution in [0.4, 0.5) is 11.4 Å². The van der Waals surface area contributed by atoms with Gasteiger partial charge < -0.3 is 0 Å². The largest absolute Gasteiger partial charge is 0.299 e. The van der Waals surface area contributed by atoms with Gasteiger partial charge >= 0.3 is 0 Å². The number of carbonyl (C=O) groups excluding carboxylic acids is 1. The van der Waals surface area contributed by atoms with E-state index >= 15 is 0 Å². The number of hydrogen-bond donors (Lipinski definition) is 2. The Morgan fingerprint density at radius 2 is 1.93 bits per heavy atom. The lowest BCUT2D eigenvalue weighted by molar-refractivity contribution is -0.384. The third-order valence-electron chi connectivity index (χ3n) is 3.77. The Morgan fingerprint density at radius 1 is 1.20 bits per heavy atom. The van der Waals surface area contributed by atoms with Gasteiger partial charge in [-0.05, 0) is 36.2 Å². The Bertz CT molecular complexity index is 1220. The molecule has 0 saturated heterocycles. The monoisotopic (exact) mass is 447 g/mol. The molecule has 1 heterocycles. The number of nitrogens with one attached hydrogen (secondary N) is 2. The summed E-state index contributed by atoms with van der Waals surface area (Å²) < 4.78 is 25.4. The summed E-state index contributed by atoms with van der Waals surface area (Å²) in [5.74, 6) is 0.514. The maximum atomic E-state index is 11.5. The highest BCUT2D eigenvalue weighted by atomic mass is 32.2. The van der Waals surface area contributed by atoms with Gasteiger partial charge in [-0.1, -0.05) is 23.9 Å². The molecule has 3 rings (SSSR count). The van der Waals surface area contributed by atoms with Crippen molar-refractivity contribution in [2.24, 2.45) is 0 Å². The van der Waals surface area contributed by atoms with Gasteiger partial charge in [-0.2, -0.15) is 0 Å². The van der Waals surface area contributed by atoms with E-state index in [9.17, 15) is 23.3 Å². The van der Waals surface area contributed by atoms with Crippen molar-refractivity contribution >= 4 is 38.9 Å². The number of sulfonamides is 1. The molecule has 0 atom stereocenters. The van der Waals surface area contributed by atoms with Crippen LogP contribution >= 0.6 is 11.8 Å². The number of Topliss-reactive ketones (excluding diaryl/α,β-unsaturated/α-hetero) is 1. The molecule has 156 valence electrons. The van der Waals surface area contributed by atoms with Crippen molar-refractivity contribution in [1.82, 2.24) is 15.2 Å². The van der Waals surface area contributed by atoms with E-state index in [2.05, 4.69) is 19.9 Å². The van der Waals surface area contributed by atoms with E-state index in [1.807, 2.05) is 0 Å². The molecular weight excluding hydrogens is 430 g/mol. The summed E-state index contributed by atoms with van der Waals surface area (Å²) in [4.78, 5) is 26.3. The predicted octanol–water partition coefficient (Wildman–Crippen LogP) is 3.10. The summed E-state index contributed by atoms with van der Waals surface area (Å²) in [5.41, 5.74) is 1.71. The number of non-ortho nitro benzene ring substituents is 1. The molecule has 0 aliphatic carbocycles. The molecule has 0 aliphatic rings. The number of thioether (sulfide) groups is 1. The van der Waals surface area contributed by atoms with Crippen molar-refractivity contribution in [2.75, 3.05) is 16.7 Å². The standard InChI is InChI=1S/C18H17N5O5S2/c1-11(24)10-29-18-19-17(20-21-18)14-6-13(8-16(9-14)23(25)26)12-4-3-5-15(7-12)22-30(2,27)28/h3-9,22H,10H2,1-2H3,(H,19,20,21). The van der Waals surface area contributed by atoms with Gasteiger partial charge in [-0.15, -0.1) is 5.10 Å². The van der Waals surface area contributed by atoms with Gasteiger partial charge in [0.25, 0.3) is 5.69 Å². The molecule has 0 amide bonds. The summed E-state index contributed by atoms with van der Waals surface area (Å²) in [6, 6.07) is 11.0. The zero-order chi connectivity index (χ0) is 21.9. The number of nitrogens with zero attached hydrogens (tertiary/aromatic N) is 3. The maximum Gasteiger partial charge on any atom is 0.270 e. The van der Waals surface area contributed by atoms with E-state index in [4.69, 9.17) is 0 Å². The molecule has 0 fully saturated rings. The number of carbonyl (C=O) groups is 1. The van der Waals surface area contributed by atoms with Gasteiger partial charge in [0.2, 0.25) is 15.2 Å². The van der Waals surface area contributed by atoms with Crippen LogP contribution in [0, 0.1) is 10.1 Å². The molecule has 30 heavy (non-hydrogen) atoms. The summed E-state index contributed by atoms with van der Waals surface area (Å²) in [6.07, 6.45) is 1.04. The van der Waals surface area contributed by atoms with Crippen molar-refractivity contribution in [1.29, 1.82) is 0 Å². The van der Waals surface area contributed by atoms with Crippen LogP contribution in [0.2, 0.25) is 0 Å². The van der Waals surface area contributed by atoms with Crippen molar-refractivity contribution < 1.29 is 18.1 Å². The quantitative estimate of drug-likeness (QED) is 0.304. The number of benzene rings is 2. The Hall–Kier alpha value is -3.25. The second-order valence-corrected chi connectivity index (χ2v) is 9.13. The van der Waals surface area contributed by atoms with Gasteiger partial charge in [0.05, 0.1) is 16.9 Å². The highest BCUT2D eigenvalue weighted by molar-refractivity contribution is 7.99. The lowest BCUT2D eigenvalue weighted by Crippen LogP contribution is -2.09. The maximum absolute atomic E-state index is 11.5. The summed E-state index contributed by atoms with van der Waals surface area (Å²) in [7, 11) is -3.47. The Kier molecular flexibility index (Phi) is 6.17. The minimum absolute atomic E-state index is 0.0217. The van der Waals surface area contributed by atoms with Crippen LogP contribution in [-0.2, 0) is 14.8 Å². The molecule has 12 heteroatoms. The Labute approximate surface area is 176 Å². The molecule has 0 unspecified atom stereocenters. The molecule has 2 N–H and O–H groups in total. The van der Waals surface area contributed by atoms with E-state index in [1.165, 1.54) is 19.1 Å². The van der Waals surface area contributed by atoms with Gasteiger partial charge in [0.15, 0.2) is 5.82 Å². The minimum atomic E-state index is -3.47. The van der Waals surface area contributed by atoms with Crippen molar-refractivity contribution in [3.63, 3.8) is 0 Å². The summed E-state index contributed by atoms with van der Waals surface area (Å²) >= 11 is 1.16. The summed E-state index contributed by atoms with van der Waals surface area (Å²) in [6.45, 7) is 1.46. The van der Waals surface area contributed by atoms with Crippen molar-refractivity contribution in [3.8, 4) is 22.5 Å². The first kappa shape index (κ1) is 21.5. The van der Waals surface area contributed by atoms with E-state index in [1.54, 1.807) is 30.3 Å².